The molecule has 1 heterocycles. The Bertz CT molecular complexity index is 689. The van der Waals surface area contributed by atoms with Gasteiger partial charge in [0.1, 0.15) is 0 Å². The van der Waals surface area contributed by atoms with Crippen molar-refractivity contribution >= 4 is 11.6 Å². The van der Waals surface area contributed by atoms with Crippen LogP contribution < -0.4 is 5.32 Å². The van der Waals surface area contributed by atoms with Gasteiger partial charge in [-0.3, -0.25) is 4.79 Å². The summed E-state index contributed by atoms with van der Waals surface area (Å²) in [5.41, 5.74) is 6.02. The van der Waals surface area contributed by atoms with Crippen LogP contribution in [0, 0.1) is 5.92 Å². The lowest BCUT2D eigenvalue weighted by molar-refractivity contribution is -0.120. The van der Waals surface area contributed by atoms with E-state index in [1.54, 1.807) is 6.33 Å². The fourth-order valence-electron chi connectivity index (χ4n) is 3.52. The number of benzene rings is 1. The number of hydrogen-bond acceptors (Lipinski definition) is 2. The maximum Gasteiger partial charge on any atom is 0.227 e. The number of rotatable bonds is 2. The number of nitrogens with zero attached hydrogens (tertiary/aromatic N) is 1. The first-order chi connectivity index (χ1) is 10.3. The Morgan fingerprint density at radius 3 is 3.10 bits per heavy atom. The second-order valence-corrected chi connectivity index (χ2v) is 6.09. The summed E-state index contributed by atoms with van der Waals surface area (Å²) in [7, 11) is 0. The van der Waals surface area contributed by atoms with E-state index in [0.29, 0.717) is 0 Å². The van der Waals surface area contributed by atoms with Gasteiger partial charge in [-0.1, -0.05) is 6.07 Å². The molecule has 0 unspecified atom stereocenters. The average molecular weight is 281 g/mol. The molecule has 1 atom stereocenters. The molecule has 0 aliphatic heterocycles. The Morgan fingerprint density at radius 1 is 1.24 bits per heavy atom. The van der Waals surface area contributed by atoms with Crippen LogP contribution in [-0.4, -0.2) is 15.9 Å². The van der Waals surface area contributed by atoms with E-state index in [2.05, 4.69) is 27.4 Å². The number of aromatic nitrogens is 2. The Hall–Kier alpha value is -2.10. The largest absolute Gasteiger partial charge is 0.348 e. The number of carbonyl (C=O) groups is 1. The van der Waals surface area contributed by atoms with Gasteiger partial charge in [-0.25, -0.2) is 4.98 Å². The first kappa shape index (κ1) is 12.6. The van der Waals surface area contributed by atoms with Gasteiger partial charge in [0.25, 0.3) is 0 Å². The third-order valence-electron chi connectivity index (χ3n) is 4.72. The van der Waals surface area contributed by atoms with E-state index in [1.165, 1.54) is 24.0 Å². The zero-order chi connectivity index (χ0) is 14.2. The molecule has 21 heavy (non-hydrogen) atoms. The topological polar surface area (TPSA) is 57.8 Å². The Kier molecular flexibility index (Phi) is 3.02. The van der Waals surface area contributed by atoms with Crippen molar-refractivity contribution in [2.24, 2.45) is 5.92 Å². The predicted molar refractivity (Wildman–Crippen MR) is 81.2 cm³/mol. The van der Waals surface area contributed by atoms with Gasteiger partial charge < -0.3 is 10.3 Å². The third-order valence-corrected chi connectivity index (χ3v) is 4.72. The van der Waals surface area contributed by atoms with Gasteiger partial charge >= 0.3 is 0 Å². The number of amides is 1. The SMILES string of the molecule is O=C(Nc1ccc2c(c1)CCC2)[C@@H]1CCc2nc[nH]c2C1. The summed E-state index contributed by atoms with van der Waals surface area (Å²) < 4.78 is 0. The maximum atomic E-state index is 12.5. The van der Waals surface area contributed by atoms with E-state index >= 15 is 0 Å². The molecule has 0 radical (unpaired) electrons. The quantitative estimate of drug-likeness (QED) is 0.889. The highest BCUT2D eigenvalue weighted by atomic mass is 16.1. The van der Waals surface area contributed by atoms with E-state index in [1.807, 2.05) is 6.07 Å². The molecule has 1 aromatic carbocycles. The van der Waals surface area contributed by atoms with E-state index in [9.17, 15) is 4.79 Å². The van der Waals surface area contributed by atoms with Gasteiger partial charge in [0.05, 0.1) is 12.0 Å². The van der Waals surface area contributed by atoms with Crippen LogP contribution in [0.3, 0.4) is 0 Å². The monoisotopic (exact) mass is 281 g/mol. The van der Waals surface area contributed by atoms with E-state index < -0.39 is 0 Å². The summed E-state index contributed by atoms with van der Waals surface area (Å²) in [6, 6.07) is 6.34. The molecule has 0 saturated carbocycles. The predicted octanol–water partition coefficient (Wildman–Crippen LogP) is 2.64. The Balaban J connectivity index is 1.47. The first-order valence-electron chi connectivity index (χ1n) is 7.73. The number of carbonyl (C=O) groups excluding carboxylic acids is 1. The fraction of sp³-hybridized carbons (Fsp3) is 0.412. The second-order valence-electron chi connectivity index (χ2n) is 6.09. The minimum atomic E-state index is 0.0474. The molecule has 4 rings (SSSR count). The Labute approximate surface area is 124 Å². The van der Waals surface area contributed by atoms with Crippen molar-refractivity contribution in [1.82, 2.24) is 9.97 Å². The van der Waals surface area contributed by atoms with Gasteiger partial charge in [-0.15, -0.1) is 0 Å². The highest BCUT2D eigenvalue weighted by Crippen LogP contribution is 2.27. The summed E-state index contributed by atoms with van der Waals surface area (Å²) in [5.74, 6) is 0.180. The summed E-state index contributed by atoms with van der Waals surface area (Å²) in [5, 5.41) is 3.09. The molecule has 1 amide bonds. The van der Waals surface area contributed by atoms with Crippen LogP contribution in [0.25, 0.3) is 0 Å². The van der Waals surface area contributed by atoms with Crippen LogP contribution in [0.2, 0.25) is 0 Å². The molecule has 108 valence electrons. The molecule has 0 spiro atoms. The normalized spacial score (nSPS) is 19.9. The van der Waals surface area contributed by atoms with Crippen molar-refractivity contribution < 1.29 is 4.79 Å². The van der Waals surface area contributed by atoms with Crippen molar-refractivity contribution in [2.75, 3.05) is 5.32 Å². The zero-order valence-electron chi connectivity index (χ0n) is 12.0. The first-order valence-corrected chi connectivity index (χ1v) is 7.73. The molecule has 2 aromatic rings. The molecule has 4 heteroatoms. The number of aryl methyl sites for hydroxylation is 3. The lowest BCUT2D eigenvalue weighted by Gasteiger charge is -2.20. The summed E-state index contributed by atoms with van der Waals surface area (Å²) in [4.78, 5) is 19.9. The van der Waals surface area contributed by atoms with E-state index in [-0.39, 0.29) is 11.8 Å². The van der Waals surface area contributed by atoms with Crippen LogP contribution in [0.1, 0.15) is 35.4 Å². The van der Waals surface area contributed by atoms with Crippen molar-refractivity contribution in [3.8, 4) is 0 Å². The molecule has 0 saturated heterocycles. The third kappa shape index (κ3) is 2.35. The van der Waals surface area contributed by atoms with Crippen molar-refractivity contribution in [3.63, 3.8) is 0 Å². The molecule has 0 bridgehead atoms. The zero-order valence-corrected chi connectivity index (χ0v) is 12.0. The number of hydrogen-bond donors (Lipinski definition) is 2. The standard InChI is InChI=1S/C17H19N3O/c21-17(13-5-7-15-16(9-13)19-10-18-15)20-14-6-4-11-2-1-3-12(11)8-14/h4,6,8,10,13H,1-3,5,7,9H2,(H,18,19)(H,20,21)/t13-/m1/s1. The van der Waals surface area contributed by atoms with Gasteiger partial charge in [0.2, 0.25) is 5.91 Å². The molecular weight excluding hydrogens is 262 g/mol. The van der Waals surface area contributed by atoms with Gasteiger partial charge in [0.15, 0.2) is 0 Å². The molecule has 2 aliphatic rings. The lowest BCUT2D eigenvalue weighted by atomic mass is 9.89. The van der Waals surface area contributed by atoms with Crippen LogP contribution in [0.15, 0.2) is 24.5 Å². The Morgan fingerprint density at radius 2 is 2.14 bits per heavy atom. The molecule has 2 N–H and O–H groups in total. The number of H-pyrrole nitrogens is 1. The fourth-order valence-corrected chi connectivity index (χ4v) is 3.52. The minimum absolute atomic E-state index is 0.0474. The summed E-state index contributed by atoms with van der Waals surface area (Å²) in [6.45, 7) is 0. The van der Waals surface area contributed by atoms with Crippen molar-refractivity contribution in [2.45, 2.75) is 38.5 Å². The minimum Gasteiger partial charge on any atom is -0.348 e. The highest BCUT2D eigenvalue weighted by molar-refractivity contribution is 5.93. The average Bonchev–Trinajstić information content (AvgIpc) is 3.14. The molecule has 4 nitrogen and oxygen atoms in total. The smallest absolute Gasteiger partial charge is 0.227 e. The van der Waals surface area contributed by atoms with Crippen LogP contribution >= 0.6 is 0 Å². The van der Waals surface area contributed by atoms with Crippen molar-refractivity contribution in [1.29, 1.82) is 0 Å². The second kappa shape index (κ2) is 5.02. The molecule has 0 fully saturated rings. The highest BCUT2D eigenvalue weighted by Gasteiger charge is 2.26. The number of aromatic amines is 1. The molecule has 1 aromatic heterocycles. The number of fused-ring (bicyclic) bond motifs is 2. The van der Waals surface area contributed by atoms with Gasteiger partial charge in [-0.2, -0.15) is 0 Å². The van der Waals surface area contributed by atoms with Crippen LogP contribution in [-0.2, 0) is 30.5 Å². The van der Waals surface area contributed by atoms with E-state index in [0.717, 1.165) is 42.8 Å². The van der Waals surface area contributed by atoms with E-state index in [4.69, 9.17) is 0 Å². The number of nitrogens with one attached hydrogen (secondary N) is 2. The molecule has 2 aliphatic carbocycles. The maximum absolute atomic E-state index is 12.5. The van der Waals surface area contributed by atoms with Crippen LogP contribution in [0.4, 0.5) is 5.69 Å². The van der Waals surface area contributed by atoms with Gasteiger partial charge in [0, 0.05) is 23.7 Å². The molecular formula is C17H19N3O. The van der Waals surface area contributed by atoms with Crippen molar-refractivity contribution in [3.05, 3.63) is 47.0 Å². The summed E-state index contributed by atoms with van der Waals surface area (Å²) in [6.07, 6.45) is 7.82. The number of imidazole rings is 1. The summed E-state index contributed by atoms with van der Waals surface area (Å²) >= 11 is 0. The van der Waals surface area contributed by atoms with Crippen LogP contribution in [0.5, 0.6) is 0 Å². The lowest BCUT2D eigenvalue weighted by Crippen LogP contribution is -2.28. The number of anilines is 1. The van der Waals surface area contributed by atoms with Gasteiger partial charge in [-0.05, 0) is 55.4 Å².